The molecule has 1 saturated heterocycles. The summed E-state index contributed by atoms with van der Waals surface area (Å²) in [4.78, 5) is 4.58. The van der Waals surface area contributed by atoms with Gasteiger partial charge in [0.05, 0.1) is 23.9 Å². The largest absolute Gasteiger partial charge is 0.506 e. The Balaban J connectivity index is 1.52. The molecule has 0 aromatic heterocycles. The predicted octanol–water partition coefficient (Wildman–Crippen LogP) is 1.82. The molecule has 2 aromatic carbocycles. The minimum absolute atomic E-state index is 0.135. The van der Waals surface area contributed by atoms with Gasteiger partial charge in [-0.2, -0.15) is 0 Å². The van der Waals surface area contributed by atoms with Gasteiger partial charge in [0.2, 0.25) is 10.0 Å². The second-order valence-electron chi connectivity index (χ2n) is 8.00. The van der Waals surface area contributed by atoms with Crippen molar-refractivity contribution in [1.29, 1.82) is 0 Å². The van der Waals surface area contributed by atoms with Gasteiger partial charge in [0.15, 0.2) is 0 Å². The van der Waals surface area contributed by atoms with Gasteiger partial charge in [0.25, 0.3) is 0 Å². The Morgan fingerprint density at radius 1 is 1.19 bits per heavy atom. The van der Waals surface area contributed by atoms with E-state index in [-0.39, 0.29) is 29.1 Å². The van der Waals surface area contributed by atoms with E-state index in [0.29, 0.717) is 43.9 Å². The summed E-state index contributed by atoms with van der Waals surface area (Å²) in [6.07, 6.45) is 2.07. The molecule has 0 spiro atoms. The number of phenolic OH excluding ortho intramolecular Hbond substituents is 1. The molecule has 32 heavy (non-hydrogen) atoms. The number of anilines is 1. The van der Waals surface area contributed by atoms with Crippen molar-refractivity contribution in [2.45, 2.75) is 23.3 Å². The molecule has 2 aliphatic heterocycles. The first-order valence-corrected chi connectivity index (χ1v) is 12.0. The van der Waals surface area contributed by atoms with Gasteiger partial charge < -0.3 is 20.0 Å². The molecule has 0 radical (unpaired) electrons. The lowest BCUT2D eigenvalue weighted by Crippen LogP contribution is -2.51. The summed E-state index contributed by atoms with van der Waals surface area (Å²) < 4.78 is 33.2. The van der Waals surface area contributed by atoms with Gasteiger partial charge in [-0.1, -0.05) is 18.2 Å². The van der Waals surface area contributed by atoms with E-state index >= 15 is 0 Å². The molecule has 1 fully saturated rings. The summed E-state index contributed by atoms with van der Waals surface area (Å²) in [5.41, 5.74) is 1.47. The van der Waals surface area contributed by atoms with Crippen LogP contribution in [0.3, 0.4) is 0 Å². The fourth-order valence-electron chi connectivity index (χ4n) is 4.63. The lowest BCUT2D eigenvalue weighted by Gasteiger charge is -2.40. The van der Waals surface area contributed by atoms with Crippen molar-refractivity contribution in [3.8, 4) is 11.5 Å². The molecule has 0 aliphatic carbocycles. The molecule has 2 heterocycles. The molecule has 9 nitrogen and oxygen atoms in total. The van der Waals surface area contributed by atoms with Gasteiger partial charge in [0, 0.05) is 50.2 Å². The Hall–Kier alpha value is -2.82. The van der Waals surface area contributed by atoms with Crippen LogP contribution in [0.5, 0.6) is 11.5 Å². The number of rotatable bonds is 6. The summed E-state index contributed by atoms with van der Waals surface area (Å²) in [7, 11) is -2.05. The minimum Gasteiger partial charge on any atom is -0.506 e. The number of methoxy groups -OCH3 is 1. The topological polar surface area (TPSA) is 115 Å². The molecule has 4 rings (SSSR count). The number of phenols is 1. The maximum atomic E-state index is 12.5. The van der Waals surface area contributed by atoms with Crippen molar-refractivity contribution in [2.75, 3.05) is 44.7 Å². The minimum atomic E-state index is -3.58. The molecule has 172 valence electrons. The van der Waals surface area contributed by atoms with Crippen LogP contribution < -0.4 is 14.4 Å². The molecule has 0 bridgehead atoms. The number of benzene rings is 2. The first-order chi connectivity index (χ1) is 15.4. The molecular weight excluding hydrogens is 432 g/mol. The van der Waals surface area contributed by atoms with Crippen molar-refractivity contribution in [3.05, 3.63) is 48.0 Å². The van der Waals surface area contributed by atoms with Crippen LogP contribution in [-0.2, 0) is 10.0 Å². The number of ether oxygens (including phenoxy) is 1. The second-order valence-corrected chi connectivity index (χ2v) is 9.74. The smallest absolute Gasteiger partial charge is 0.241 e. The standard InChI is InChI=1S/C22H28N4O5S/c1-31-20-7-4-8-21-22(20)16(14-24-32(21,29)30)13-17(15-23-28)25-9-11-26(12-10-25)18-5-2-3-6-19(18)27/h2-8,15-17,24,27-28H,9-14H2,1H3. The first kappa shape index (κ1) is 22.4. The highest BCUT2D eigenvalue weighted by Crippen LogP contribution is 2.38. The van der Waals surface area contributed by atoms with Crippen LogP contribution in [0.25, 0.3) is 0 Å². The van der Waals surface area contributed by atoms with Gasteiger partial charge in [-0.25, -0.2) is 13.1 Å². The number of hydrogen-bond acceptors (Lipinski definition) is 8. The van der Waals surface area contributed by atoms with Gasteiger partial charge in [-0.3, -0.25) is 4.90 Å². The molecule has 3 N–H and O–H groups in total. The lowest BCUT2D eigenvalue weighted by atomic mass is 9.90. The number of para-hydroxylation sites is 2. The van der Waals surface area contributed by atoms with Crippen molar-refractivity contribution in [2.24, 2.45) is 5.16 Å². The second kappa shape index (κ2) is 9.35. The highest BCUT2D eigenvalue weighted by Gasteiger charge is 2.35. The predicted molar refractivity (Wildman–Crippen MR) is 121 cm³/mol. The zero-order valence-corrected chi connectivity index (χ0v) is 18.7. The molecule has 2 unspecified atom stereocenters. The third-order valence-corrected chi connectivity index (χ3v) is 7.72. The number of nitrogens with zero attached hydrogens (tertiary/aromatic N) is 3. The number of hydrogen-bond donors (Lipinski definition) is 3. The molecule has 2 aliphatic rings. The zero-order chi connectivity index (χ0) is 22.7. The van der Waals surface area contributed by atoms with Gasteiger partial charge in [0.1, 0.15) is 11.5 Å². The van der Waals surface area contributed by atoms with E-state index in [1.165, 1.54) is 13.3 Å². The molecule has 0 amide bonds. The van der Waals surface area contributed by atoms with Crippen LogP contribution in [0.1, 0.15) is 17.9 Å². The van der Waals surface area contributed by atoms with Gasteiger partial charge in [-0.15, -0.1) is 5.16 Å². The van der Waals surface area contributed by atoms with Crippen LogP contribution in [0.15, 0.2) is 52.5 Å². The monoisotopic (exact) mass is 460 g/mol. The molecule has 2 atom stereocenters. The van der Waals surface area contributed by atoms with Crippen molar-refractivity contribution in [1.82, 2.24) is 9.62 Å². The number of fused-ring (bicyclic) bond motifs is 1. The van der Waals surface area contributed by atoms with E-state index in [4.69, 9.17) is 4.74 Å². The maximum Gasteiger partial charge on any atom is 0.241 e. The Morgan fingerprint density at radius 2 is 1.94 bits per heavy atom. The van der Waals surface area contributed by atoms with E-state index in [0.717, 1.165) is 5.69 Å². The van der Waals surface area contributed by atoms with E-state index < -0.39 is 10.0 Å². The number of sulfonamides is 1. The van der Waals surface area contributed by atoms with E-state index in [2.05, 4.69) is 19.7 Å². The average molecular weight is 461 g/mol. The lowest BCUT2D eigenvalue weighted by molar-refractivity contribution is 0.209. The van der Waals surface area contributed by atoms with Gasteiger partial charge in [-0.05, 0) is 30.7 Å². The molecule has 10 heteroatoms. The van der Waals surface area contributed by atoms with Crippen LogP contribution in [0, 0.1) is 0 Å². The first-order valence-electron chi connectivity index (χ1n) is 10.6. The van der Waals surface area contributed by atoms with Crippen LogP contribution in [-0.4, -0.2) is 75.7 Å². The van der Waals surface area contributed by atoms with Crippen LogP contribution in [0.2, 0.25) is 0 Å². The fraction of sp³-hybridized carbons (Fsp3) is 0.409. The number of nitrogens with one attached hydrogen (secondary N) is 1. The Morgan fingerprint density at radius 3 is 2.62 bits per heavy atom. The van der Waals surface area contributed by atoms with Crippen molar-refractivity contribution < 1.29 is 23.5 Å². The molecular formula is C22H28N4O5S. The number of piperazine rings is 1. The van der Waals surface area contributed by atoms with E-state index in [1.807, 2.05) is 12.1 Å². The Labute approximate surface area is 188 Å². The summed E-state index contributed by atoms with van der Waals surface area (Å²) in [6.45, 7) is 3.10. The average Bonchev–Trinajstić information content (AvgIpc) is 2.80. The third kappa shape index (κ3) is 4.38. The normalized spacial score (nSPS) is 21.9. The van der Waals surface area contributed by atoms with E-state index in [1.54, 1.807) is 30.3 Å². The van der Waals surface area contributed by atoms with Crippen molar-refractivity contribution in [3.63, 3.8) is 0 Å². The SMILES string of the molecule is COc1cccc2c1C(CC(C=NO)N1CCN(c3ccccc3O)CC1)CNS2(=O)=O. The molecule has 0 saturated carbocycles. The Bertz CT molecular complexity index is 1080. The zero-order valence-electron chi connectivity index (χ0n) is 17.9. The van der Waals surface area contributed by atoms with Gasteiger partial charge >= 0.3 is 0 Å². The summed E-state index contributed by atoms with van der Waals surface area (Å²) in [6, 6.07) is 12.1. The number of oxime groups is 1. The third-order valence-electron chi connectivity index (χ3n) is 6.23. The quantitative estimate of drug-likeness (QED) is 0.342. The molecule has 2 aromatic rings. The van der Waals surface area contributed by atoms with Crippen LogP contribution in [0.4, 0.5) is 5.69 Å². The summed E-state index contributed by atoms with van der Waals surface area (Å²) in [5.74, 6) is 0.665. The van der Waals surface area contributed by atoms with Crippen LogP contribution >= 0.6 is 0 Å². The highest BCUT2D eigenvalue weighted by molar-refractivity contribution is 7.89. The summed E-state index contributed by atoms with van der Waals surface area (Å²) in [5, 5.41) is 22.8. The Kier molecular flexibility index (Phi) is 6.54. The highest BCUT2D eigenvalue weighted by atomic mass is 32.2. The summed E-state index contributed by atoms with van der Waals surface area (Å²) >= 11 is 0. The number of aromatic hydroxyl groups is 1. The van der Waals surface area contributed by atoms with E-state index in [9.17, 15) is 18.7 Å². The maximum absolute atomic E-state index is 12.5. The fourth-order valence-corrected chi connectivity index (χ4v) is 6.02. The van der Waals surface area contributed by atoms with Crippen molar-refractivity contribution >= 4 is 21.9 Å².